The summed E-state index contributed by atoms with van der Waals surface area (Å²) in [5.41, 5.74) is 0.375. The Labute approximate surface area is 62.0 Å². The lowest BCUT2D eigenvalue weighted by atomic mass is 9.76. The molecule has 0 radical (unpaired) electrons. The minimum atomic E-state index is 0.375. The largest absolute Gasteiger partial charge is 0.299 e. The van der Waals surface area contributed by atoms with E-state index in [4.69, 9.17) is 0 Å². The summed E-state index contributed by atoms with van der Waals surface area (Å²) >= 11 is 0. The van der Waals surface area contributed by atoms with Crippen LogP contribution < -0.4 is 0 Å². The van der Waals surface area contributed by atoms with Gasteiger partial charge >= 0.3 is 0 Å². The van der Waals surface area contributed by atoms with Gasteiger partial charge in [0.2, 0.25) is 0 Å². The van der Waals surface area contributed by atoms with E-state index in [-0.39, 0.29) is 0 Å². The van der Waals surface area contributed by atoms with Gasteiger partial charge in [-0.2, -0.15) is 0 Å². The minimum Gasteiger partial charge on any atom is -0.299 e. The van der Waals surface area contributed by atoms with Crippen LogP contribution in [0.25, 0.3) is 0 Å². The quantitative estimate of drug-likeness (QED) is 0.492. The van der Waals surface area contributed by atoms with Crippen LogP contribution in [0.3, 0.4) is 0 Å². The lowest BCUT2D eigenvalue weighted by molar-refractivity contribution is 0.166. The zero-order chi connectivity index (χ0) is 7.19. The van der Waals surface area contributed by atoms with Crippen molar-refractivity contribution in [2.45, 2.75) is 12.0 Å². The van der Waals surface area contributed by atoms with Crippen LogP contribution in [0.1, 0.15) is 6.42 Å². The summed E-state index contributed by atoms with van der Waals surface area (Å²) in [5.74, 6) is 0.697. The summed E-state index contributed by atoms with van der Waals surface area (Å²) < 4.78 is 0. The van der Waals surface area contributed by atoms with Crippen molar-refractivity contribution in [3.8, 4) is 0 Å². The second kappa shape index (κ2) is 1.73. The molecule has 54 valence electrons. The van der Waals surface area contributed by atoms with Crippen molar-refractivity contribution in [3.05, 3.63) is 24.3 Å². The standard InChI is InChI=1S/C9H13N/c1-10(2)9-6-3-4-8(9)5-7-9/h3-5,7-8H,6H2,1-2H3. The fourth-order valence-electron chi connectivity index (χ4n) is 1.90. The van der Waals surface area contributed by atoms with Crippen LogP contribution in [0.4, 0.5) is 0 Å². The molecule has 2 atom stereocenters. The van der Waals surface area contributed by atoms with Crippen LogP contribution in [-0.2, 0) is 0 Å². The minimum absolute atomic E-state index is 0.375. The second-order valence-electron chi connectivity index (χ2n) is 3.40. The Hall–Kier alpha value is -0.560. The van der Waals surface area contributed by atoms with Crippen LogP contribution in [-0.4, -0.2) is 24.5 Å². The lowest BCUT2D eigenvalue weighted by Crippen LogP contribution is -2.49. The van der Waals surface area contributed by atoms with Gasteiger partial charge in [-0.25, -0.2) is 0 Å². The summed E-state index contributed by atoms with van der Waals surface area (Å²) in [4.78, 5) is 2.32. The Kier molecular flexibility index (Phi) is 1.07. The monoisotopic (exact) mass is 135 g/mol. The van der Waals surface area contributed by atoms with Crippen molar-refractivity contribution >= 4 is 0 Å². The average molecular weight is 135 g/mol. The maximum atomic E-state index is 2.32. The van der Waals surface area contributed by atoms with E-state index < -0.39 is 0 Å². The third-order valence-electron chi connectivity index (χ3n) is 2.79. The van der Waals surface area contributed by atoms with Crippen molar-refractivity contribution in [1.29, 1.82) is 0 Å². The predicted molar refractivity (Wildman–Crippen MR) is 42.8 cm³/mol. The van der Waals surface area contributed by atoms with Gasteiger partial charge in [0.05, 0.1) is 5.54 Å². The normalized spacial score (nSPS) is 42.1. The van der Waals surface area contributed by atoms with Crippen molar-refractivity contribution in [2.75, 3.05) is 14.1 Å². The summed E-state index contributed by atoms with van der Waals surface area (Å²) in [6.45, 7) is 0. The summed E-state index contributed by atoms with van der Waals surface area (Å²) in [6.07, 6.45) is 10.4. The molecule has 2 aliphatic carbocycles. The highest BCUT2D eigenvalue weighted by atomic mass is 15.2. The molecule has 0 bridgehead atoms. The number of hydrogen-bond donors (Lipinski definition) is 0. The fourth-order valence-corrected chi connectivity index (χ4v) is 1.90. The second-order valence-corrected chi connectivity index (χ2v) is 3.40. The van der Waals surface area contributed by atoms with E-state index in [1.165, 1.54) is 6.42 Å². The topological polar surface area (TPSA) is 3.24 Å². The first kappa shape index (κ1) is 6.17. The SMILES string of the molecule is CN(C)C12C=CC1C=CC2. The molecule has 1 nitrogen and oxygen atoms in total. The number of fused-ring (bicyclic) bond motifs is 1. The van der Waals surface area contributed by atoms with Gasteiger partial charge in [0.1, 0.15) is 0 Å². The van der Waals surface area contributed by atoms with Gasteiger partial charge in [-0.3, -0.25) is 4.90 Å². The number of nitrogens with zero attached hydrogens (tertiary/aromatic N) is 1. The van der Waals surface area contributed by atoms with Crippen molar-refractivity contribution in [3.63, 3.8) is 0 Å². The predicted octanol–water partition coefficient (Wildman–Crippen LogP) is 1.43. The smallest absolute Gasteiger partial charge is 0.0518 e. The third-order valence-corrected chi connectivity index (χ3v) is 2.79. The molecule has 0 saturated heterocycles. The number of hydrogen-bond acceptors (Lipinski definition) is 1. The Morgan fingerprint density at radius 2 is 2.20 bits per heavy atom. The van der Waals surface area contributed by atoms with Gasteiger partial charge in [-0.05, 0) is 20.5 Å². The van der Waals surface area contributed by atoms with Crippen molar-refractivity contribution in [1.82, 2.24) is 4.90 Å². The Bertz CT molecular complexity index is 203. The van der Waals surface area contributed by atoms with Crippen molar-refractivity contribution < 1.29 is 0 Å². The maximum absolute atomic E-state index is 2.32. The third kappa shape index (κ3) is 0.517. The molecule has 0 aromatic rings. The molecule has 2 unspecified atom stereocenters. The zero-order valence-corrected chi connectivity index (χ0v) is 6.54. The van der Waals surface area contributed by atoms with E-state index in [2.05, 4.69) is 43.3 Å². The van der Waals surface area contributed by atoms with E-state index in [0.717, 1.165) is 0 Å². The molecule has 2 aliphatic rings. The number of likely N-dealkylation sites (N-methyl/N-ethyl adjacent to an activating group) is 1. The first-order chi connectivity index (χ1) is 4.76. The summed E-state index contributed by atoms with van der Waals surface area (Å²) in [6, 6.07) is 0. The van der Waals surface area contributed by atoms with E-state index in [1.807, 2.05) is 0 Å². The molecular weight excluding hydrogens is 122 g/mol. The molecule has 0 N–H and O–H groups in total. The van der Waals surface area contributed by atoms with Crippen LogP contribution in [0, 0.1) is 5.92 Å². The fraction of sp³-hybridized carbons (Fsp3) is 0.556. The molecule has 0 fully saturated rings. The Morgan fingerprint density at radius 1 is 1.40 bits per heavy atom. The summed E-state index contributed by atoms with van der Waals surface area (Å²) in [5, 5.41) is 0. The first-order valence-electron chi connectivity index (χ1n) is 3.79. The molecule has 0 saturated carbocycles. The van der Waals surface area contributed by atoms with E-state index >= 15 is 0 Å². The van der Waals surface area contributed by atoms with Crippen LogP contribution in [0.5, 0.6) is 0 Å². The van der Waals surface area contributed by atoms with Crippen LogP contribution in [0.2, 0.25) is 0 Å². The van der Waals surface area contributed by atoms with Gasteiger partial charge in [0.25, 0.3) is 0 Å². The average Bonchev–Trinajstić information content (AvgIpc) is 2.09. The highest BCUT2D eigenvalue weighted by Crippen LogP contribution is 2.43. The molecule has 0 heterocycles. The summed E-state index contributed by atoms with van der Waals surface area (Å²) in [7, 11) is 4.31. The van der Waals surface area contributed by atoms with E-state index in [1.54, 1.807) is 0 Å². The molecule has 10 heavy (non-hydrogen) atoms. The maximum Gasteiger partial charge on any atom is 0.0518 e. The van der Waals surface area contributed by atoms with Crippen molar-refractivity contribution in [2.24, 2.45) is 5.92 Å². The Balaban J connectivity index is 2.27. The molecule has 0 spiro atoms. The Morgan fingerprint density at radius 3 is 2.50 bits per heavy atom. The van der Waals surface area contributed by atoms with Gasteiger partial charge in [0.15, 0.2) is 0 Å². The van der Waals surface area contributed by atoms with E-state index in [9.17, 15) is 0 Å². The van der Waals surface area contributed by atoms with Gasteiger partial charge in [-0.15, -0.1) is 0 Å². The van der Waals surface area contributed by atoms with E-state index in [0.29, 0.717) is 11.5 Å². The lowest BCUT2D eigenvalue weighted by Gasteiger charge is -2.44. The zero-order valence-electron chi connectivity index (χ0n) is 6.54. The molecular formula is C9H13N. The van der Waals surface area contributed by atoms with Gasteiger partial charge in [0, 0.05) is 5.92 Å². The van der Waals surface area contributed by atoms with Crippen LogP contribution >= 0.6 is 0 Å². The van der Waals surface area contributed by atoms with Gasteiger partial charge in [-0.1, -0.05) is 24.3 Å². The molecule has 0 aromatic carbocycles. The molecule has 0 amide bonds. The molecule has 0 aliphatic heterocycles. The molecule has 0 aromatic heterocycles. The first-order valence-corrected chi connectivity index (χ1v) is 3.79. The number of rotatable bonds is 1. The molecule has 2 rings (SSSR count). The van der Waals surface area contributed by atoms with Gasteiger partial charge < -0.3 is 0 Å². The van der Waals surface area contributed by atoms with Crippen LogP contribution in [0.15, 0.2) is 24.3 Å². The molecule has 1 heteroatoms. The highest BCUT2D eigenvalue weighted by molar-refractivity contribution is 5.35. The highest BCUT2D eigenvalue weighted by Gasteiger charge is 2.43.